The van der Waals surface area contributed by atoms with E-state index in [-0.39, 0.29) is 45.3 Å². The minimum absolute atomic E-state index is 0.0794. The lowest BCUT2D eigenvalue weighted by Gasteiger charge is -2.14. The first-order valence-electron chi connectivity index (χ1n) is 15.5. The fraction of sp³-hybridized carbons (Fsp3) is 0.0952. The molecule has 8 nitrogen and oxygen atoms in total. The minimum Gasteiger partial charge on any atom is -0.419 e. The number of hydrogen-bond acceptors (Lipinski definition) is 8. The van der Waals surface area contributed by atoms with Crippen molar-refractivity contribution in [3.05, 3.63) is 134 Å². The second-order valence-corrected chi connectivity index (χ2v) is 11.9. The van der Waals surface area contributed by atoms with Gasteiger partial charge in [0.05, 0.1) is 0 Å². The van der Waals surface area contributed by atoms with Crippen LogP contribution in [-0.2, 0) is 19.2 Å². The monoisotopic (exact) mass is 666 g/mol. The molecule has 0 aliphatic carbocycles. The molecule has 0 saturated carbocycles. The second kappa shape index (κ2) is 14.3. The molecule has 5 aromatic rings. The fourth-order valence-corrected chi connectivity index (χ4v) is 4.88. The molecular weight excluding hydrogens is 632 g/mol. The molecule has 0 spiro atoms. The van der Waals surface area contributed by atoms with Crippen molar-refractivity contribution in [1.82, 2.24) is 0 Å². The molecule has 0 aliphatic heterocycles. The van der Waals surface area contributed by atoms with E-state index in [4.69, 9.17) is 18.9 Å². The highest BCUT2D eigenvalue weighted by molar-refractivity contribution is 6.09. The molecule has 0 heterocycles. The van der Waals surface area contributed by atoms with Gasteiger partial charge in [-0.15, -0.1) is 0 Å². The molecule has 0 saturated heterocycles. The van der Waals surface area contributed by atoms with Gasteiger partial charge in [0, 0.05) is 22.3 Å². The van der Waals surface area contributed by atoms with Crippen LogP contribution in [0.15, 0.2) is 134 Å². The molecule has 0 fully saturated rings. The quantitative estimate of drug-likeness (QED) is 0.0629. The molecule has 0 aromatic heterocycles. The maximum Gasteiger partial charge on any atom is 0.338 e. The average Bonchev–Trinajstić information content (AvgIpc) is 3.08. The van der Waals surface area contributed by atoms with Crippen LogP contribution in [0.4, 0.5) is 0 Å². The van der Waals surface area contributed by atoms with E-state index >= 15 is 0 Å². The summed E-state index contributed by atoms with van der Waals surface area (Å²) in [4.78, 5) is 49.2. The van der Waals surface area contributed by atoms with Crippen molar-refractivity contribution >= 4 is 45.4 Å². The summed E-state index contributed by atoms with van der Waals surface area (Å²) < 4.78 is 21.8. The Morgan fingerprint density at radius 1 is 0.380 bits per heavy atom. The van der Waals surface area contributed by atoms with E-state index in [9.17, 15) is 19.2 Å². The van der Waals surface area contributed by atoms with Crippen molar-refractivity contribution < 1.29 is 38.1 Å². The smallest absolute Gasteiger partial charge is 0.338 e. The standard InChI is InChI=1S/C42H34O8/c1-23(2)39(43)47-35-17-13-29(21-37(35)49-41(45)25(5)6)27-11-15-33-31(19-27)9-10-32-20-28(12-16-34(32)33)30-14-18-36(48-40(44)24(3)4)38(22-30)50-42(46)26(7)8/h9-22H,1,3,5,7H2,2,4,6,8H3. The van der Waals surface area contributed by atoms with Crippen LogP contribution in [0.2, 0.25) is 0 Å². The van der Waals surface area contributed by atoms with Gasteiger partial charge in [0.1, 0.15) is 0 Å². The summed E-state index contributed by atoms with van der Waals surface area (Å²) in [5.41, 5.74) is 3.97. The zero-order valence-corrected chi connectivity index (χ0v) is 28.2. The molecule has 0 bridgehead atoms. The van der Waals surface area contributed by atoms with E-state index in [1.165, 1.54) is 27.7 Å². The van der Waals surface area contributed by atoms with Gasteiger partial charge in [0.2, 0.25) is 0 Å². The molecule has 0 radical (unpaired) electrons. The zero-order valence-electron chi connectivity index (χ0n) is 28.2. The normalized spacial score (nSPS) is 10.6. The summed E-state index contributed by atoms with van der Waals surface area (Å²) >= 11 is 0. The summed E-state index contributed by atoms with van der Waals surface area (Å²) in [6, 6.07) is 26.0. The highest BCUT2D eigenvalue weighted by atomic mass is 16.6. The Morgan fingerprint density at radius 2 is 0.660 bits per heavy atom. The van der Waals surface area contributed by atoms with E-state index in [0.29, 0.717) is 0 Å². The Balaban J connectivity index is 1.50. The van der Waals surface area contributed by atoms with Gasteiger partial charge in [-0.1, -0.05) is 74.8 Å². The lowest BCUT2D eigenvalue weighted by atomic mass is 9.95. The Hall–Kier alpha value is -6.54. The number of rotatable bonds is 10. The number of ether oxygens (including phenoxy) is 4. The predicted molar refractivity (Wildman–Crippen MR) is 194 cm³/mol. The molecular formula is C42H34O8. The van der Waals surface area contributed by atoms with Crippen molar-refractivity contribution in [2.24, 2.45) is 0 Å². The van der Waals surface area contributed by atoms with Crippen LogP contribution in [0.1, 0.15) is 27.7 Å². The Kier molecular flexibility index (Phi) is 9.94. The van der Waals surface area contributed by atoms with Crippen molar-refractivity contribution in [3.8, 4) is 45.3 Å². The van der Waals surface area contributed by atoms with Crippen molar-refractivity contribution in [3.63, 3.8) is 0 Å². The molecule has 5 rings (SSSR count). The largest absolute Gasteiger partial charge is 0.419 e. The number of fused-ring (bicyclic) bond motifs is 3. The molecule has 5 aromatic carbocycles. The van der Waals surface area contributed by atoms with Gasteiger partial charge in [-0.3, -0.25) is 0 Å². The van der Waals surface area contributed by atoms with Gasteiger partial charge >= 0.3 is 23.9 Å². The summed E-state index contributed by atoms with van der Waals surface area (Å²) in [6.45, 7) is 20.6. The highest BCUT2D eigenvalue weighted by Gasteiger charge is 2.18. The van der Waals surface area contributed by atoms with Gasteiger partial charge in [0.25, 0.3) is 0 Å². The first-order chi connectivity index (χ1) is 23.7. The number of hydrogen-bond donors (Lipinski definition) is 0. The Labute approximate surface area is 289 Å². The lowest BCUT2D eigenvalue weighted by Crippen LogP contribution is -2.12. The van der Waals surface area contributed by atoms with Gasteiger partial charge in [-0.2, -0.15) is 0 Å². The van der Waals surface area contributed by atoms with E-state index in [1.54, 1.807) is 36.4 Å². The van der Waals surface area contributed by atoms with E-state index < -0.39 is 23.9 Å². The third-order valence-corrected chi connectivity index (χ3v) is 7.59. The minimum atomic E-state index is -0.648. The number of carbonyl (C=O) groups is 4. The molecule has 50 heavy (non-hydrogen) atoms. The lowest BCUT2D eigenvalue weighted by molar-refractivity contribution is -0.132. The molecule has 250 valence electrons. The Bertz CT molecular complexity index is 2140. The third-order valence-electron chi connectivity index (χ3n) is 7.59. The molecule has 0 amide bonds. The van der Waals surface area contributed by atoms with Crippen molar-refractivity contribution in [2.75, 3.05) is 0 Å². The van der Waals surface area contributed by atoms with Crippen LogP contribution < -0.4 is 18.9 Å². The van der Waals surface area contributed by atoms with Crippen LogP contribution in [0.3, 0.4) is 0 Å². The van der Waals surface area contributed by atoms with E-state index in [2.05, 4.69) is 26.3 Å². The van der Waals surface area contributed by atoms with Crippen LogP contribution in [-0.4, -0.2) is 23.9 Å². The van der Waals surface area contributed by atoms with Crippen LogP contribution >= 0.6 is 0 Å². The first-order valence-corrected chi connectivity index (χ1v) is 15.5. The van der Waals surface area contributed by atoms with E-state index in [1.807, 2.05) is 48.5 Å². The molecule has 0 unspecified atom stereocenters. The SMILES string of the molecule is C=C(C)C(=O)Oc1ccc(-c2ccc3c(ccc4cc(-c5ccc(OC(=O)C(=C)C)c(OC(=O)C(=C)C)c5)ccc43)c2)cc1OC(=O)C(=C)C. The maximum absolute atomic E-state index is 12.4. The topological polar surface area (TPSA) is 105 Å². The first kappa shape index (κ1) is 34.8. The predicted octanol–water partition coefficient (Wildman–Crippen LogP) is 9.25. The van der Waals surface area contributed by atoms with Gasteiger partial charge in [-0.05, 0) is 108 Å². The number of esters is 4. The van der Waals surface area contributed by atoms with Gasteiger partial charge in [-0.25, -0.2) is 19.2 Å². The molecule has 0 N–H and O–H groups in total. The van der Waals surface area contributed by atoms with Crippen LogP contribution in [0.25, 0.3) is 43.8 Å². The highest BCUT2D eigenvalue weighted by Crippen LogP contribution is 2.38. The fourth-order valence-electron chi connectivity index (χ4n) is 4.88. The number of carbonyl (C=O) groups excluding carboxylic acids is 4. The van der Waals surface area contributed by atoms with Gasteiger partial charge < -0.3 is 18.9 Å². The second-order valence-electron chi connectivity index (χ2n) is 11.9. The van der Waals surface area contributed by atoms with Crippen LogP contribution in [0.5, 0.6) is 23.0 Å². The van der Waals surface area contributed by atoms with Gasteiger partial charge in [0.15, 0.2) is 23.0 Å². The molecule has 0 atom stereocenters. The summed E-state index contributed by atoms with van der Waals surface area (Å²) in [6.07, 6.45) is 0. The summed E-state index contributed by atoms with van der Waals surface area (Å²) in [7, 11) is 0. The maximum atomic E-state index is 12.4. The third kappa shape index (κ3) is 7.61. The average molecular weight is 667 g/mol. The zero-order chi connectivity index (χ0) is 36.3. The summed E-state index contributed by atoms with van der Waals surface area (Å²) in [5, 5.41) is 3.96. The Morgan fingerprint density at radius 3 is 0.980 bits per heavy atom. The van der Waals surface area contributed by atoms with E-state index in [0.717, 1.165) is 43.8 Å². The molecule has 8 heteroatoms. The van der Waals surface area contributed by atoms with Crippen LogP contribution in [0, 0.1) is 0 Å². The van der Waals surface area contributed by atoms with Crippen molar-refractivity contribution in [1.29, 1.82) is 0 Å². The van der Waals surface area contributed by atoms with Crippen molar-refractivity contribution in [2.45, 2.75) is 27.7 Å². The summed E-state index contributed by atoms with van der Waals surface area (Å²) in [5.74, 6) is -2.25. The molecule has 0 aliphatic rings. The number of benzene rings is 5.